The highest BCUT2D eigenvalue weighted by molar-refractivity contribution is 7.86. The van der Waals surface area contributed by atoms with Gasteiger partial charge in [0, 0.05) is 26.7 Å². The lowest BCUT2D eigenvalue weighted by atomic mass is 9.91. The van der Waals surface area contributed by atoms with Crippen molar-refractivity contribution in [2.45, 2.75) is 25.7 Å². The predicted molar refractivity (Wildman–Crippen MR) is 84.2 cm³/mol. The van der Waals surface area contributed by atoms with Gasteiger partial charge in [-0.3, -0.25) is 0 Å². The second-order valence-electron chi connectivity index (χ2n) is 5.55. The lowest BCUT2D eigenvalue weighted by molar-refractivity contribution is 0.0697. The summed E-state index contributed by atoms with van der Waals surface area (Å²) < 4.78 is 27.7. The van der Waals surface area contributed by atoms with Crippen molar-refractivity contribution in [2.75, 3.05) is 26.7 Å². The number of hydrogen-bond donors (Lipinski definition) is 1. The van der Waals surface area contributed by atoms with E-state index in [-0.39, 0.29) is 11.5 Å². The summed E-state index contributed by atoms with van der Waals surface area (Å²) in [7, 11) is -1.82. The van der Waals surface area contributed by atoms with Gasteiger partial charge in [0.25, 0.3) is 10.2 Å². The van der Waals surface area contributed by atoms with E-state index < -0.39 is 16.2 Å². The van der Waals surface area contributed by atoms with Crippen molar-refractivity contribution < 1.29 is 18.3 Å². The second-order valence-corrected chi connectivity index (χ2v) is 7.58. The Labute approximate surface area is 131 Å². The topological polar surface area (TPSA) is 77.9 Å². The molecular formula is C15H22N2O4S. The fourth-order valence-corrected chi connectivity index (χ4v) is 4.13. The summed E-state index contributed by atoms with van der Waals surface area (Å²) in [5, 5.41) is 8.93. The molecule has 0 bridgehead atoms. The van der Waals surface area contributed by atoms with Crippen molar-refractivity contribution in [1.82, 2.24) is 8.61 Å². The minimum Gasteiger partial charge on any atom is -0.478 e. The molecule has 6 nitrogen and oxygen atoms in total. The van der Waals surface area contributed by atoms with Gasteiger partial charge in [0.15, 0.2) is 0 Å². The molecular weight excluding hydrogens is 304 g/mol. The number of hydrogen-bond acceptors (Lipinski definition) is 3. The number of carboxylic acids is 1. The number of carboxylic acid groups (broad SMARTS) is 1. The van der Waals surface area contributed by atoms with Gasteiger partial charge < -0.3 is 5.11 Å². The summed E-state index contributed by atoms with van der Waals surface area (Å²) in [6, 6.07) is 6.72. The third-order valence-corrected chi connectivity index (χ3v) is 6.21. The molecule has 0 saturated carbocycles. The molecule has 1 heterocycles. The average Bonchev–Trinajstić information content (AvgIpc) is 2.54. The Bertz CT molecular complexity index is 627. The number of benzene rings is 1. The third kappa shape index (κ3) is 3.48. The van der Waals surface area contributed by atoms with Crippen LogP contribution in [0.5, 0.6) is 0 Å². The fraction of sp³-hybridized carbons (Fsp3) is 0.533. The van der Waals surface area contributed by atoms with Crippen molar-refractivity contribution >= 4 is 16.2 Å². The monoisotopic (exact) mass is 326 g/mol. The van der Waals surface area contributed by atoms with E-state index in [2.05, 4.69) is 0 Å². The largest absolute Gasteiger partial charge is 0.478 e. The molecule has 0 radical (unpaired) electrons. The molecule has 1 aliphatic rings. The Hall–Kier alpha value is -1.44. The average molecular weight is 326 g/mol. The molecule has 0 amide bonds. The van der Waals surface area contributed by atoms with Crippen molar-refractivity contribution in [2.24, 2.45) is 0 Å². The summed E-state index contributed by atoms with van der Waals surface area (Å²) in [5.41, 5.74) is 1.24. The van der Waals surface area contributed by atoms with Gasteiger partial charge in [-0.1, -0.05) is 19.1 Å². The molecule has 0 aromatic heterocycles. The highest BCUT2D eigenvalue weighted by Crippen LogP contribution is 2.29. The molecule has 0 spiro atoms. The molecule has 1 aromatic rings. The van der Waals surface area contributed by atoms with Crippen LogP contribution in [0.4, 0.5) is 0 Å². The van der Waals surface area contributed by atoms with Crippen LogP contribution in [0.15, 0.2) is 24.3 Å². The molecule has 1 aromatic carbocycles. The highest BCUT2D eigenvalue weighted by Gasteiger charge is 2.31. The van der Waals surface area contributed by atoms with Crippen LogP contribution < -0.4 is 0 Å². The predicted octanol–water partition coefficient (Wildman–Crippen LogP) is 1.76. The van der Waals surface area contributed by atoms with Gasteiger partial charge in [-0.15, -0.1) is 0 Å². The first-order chi connectivity index (χ1) is 10.4. The molecule has 1 saturated heterocycles. The van der Waals surface area contributed by atoms with Gasteiger partial charge in [-0.05, 0) is 36.5 Å². The number of aromatic carboxylic acids is 1. The van der Waals surface area contributed by atoms with E-state index in [0.717, 1.165) is 18.4 Å². The van der Waals surface area contributed by atoms with Crippen molar-refractivity contribution in [1.29, 1.82) is 0 Å². The zero-order chi connectivity index (χ0) is 16.3. The molecule has 1 aliphatic heterocycles. The van der Waals surface area contributed by atoms with Crippen molar-refractivity contribution in [3.8, 4) is 0 Å². The summed E-state index contributed by atoms with van der Waals surface area (Å²) in [5.74, 6) is -0.847. The number of rotatable bonds is 5. The van der Waals surface area contributed by atoms with Crippen LogP contribution in [0.3, 0.4) is 0 Å². The van der Waals surface area contributed by atoms with Gasteiger partial charge in [0.2, 0.25) is 0 Å². The maximum Gasteiger partial charge on any atom is 0.335 e. The minimum absolute atomic E-state index is 0.108. The number of nitrogens with zero attached hydrogens (tertiary/aromatic N) is 2. The van der Waals surface area contributed by atoms with Gasteiger partial charge >= 0.3 is 5.97 Å². The summed E-state index contributed by atoms with van der Waals surface area (Å²) in [6.45, 7) is 3.23. The Morgan fingerprint density at radius 2 is 2.00 bits per heavy atom. The number of carbonyl (C=O) groups is 1. The van der Waals surface area contributed by atoms with Crippen LogP contribution in [0.25, 0.3) is 0 Å². The Kier molecular flexibility index (Phi) is 5.20. The van der Waals surface area contributed by atoms with E-state index >= 15 is 0 Å². The summed E-state index contributed by atoms with van der Waals surface area (Å²) in [4.78, 5) is 10.9. The maximum absolute atomic E-state index is 12.4. The van der Waals surface area contributed by atoms with Gasteiger partial charge in [0.05, 0.1) is 5.56 Å². The molecule has 0 unspecified atom stereocenters. The van der Waals surface area contributed by atoms with Crippen molar-refractivity contribution in [3.05, 3.63) is 35.4 Å². The lowest BCUT2D eigenvalue weighted by Crippen LogP contribution is -2.46. The van der Waals surface area contributed by atoms with Crippen LogP contribution in [-0.2, 0) is 10.2 Å². The van der Waals surface area contributed by atoms with Gasteiger partial charge in [0.1, 0.15) is 0 Å². The quantitative estimate of drug-likeness (QED) is 0.894. The molecule has 2 rings (SSSR count). The van der Waals surface area contributed by atoms with Crippen LogP contribution in [0.1, 0.15) is 41.6 Å². The van der Waals surface area contributed by atoms with E-state index in [1.165, 1.54) is 8.61 Å². The Balaban J connectivity index is 2.15. The minimum atomic E-state index is -3.40. The lowest BCUT2D eigenvalue weighted by Gasteiger charge is -2.34. The smallest absolute Gasteiger partial charge is 0.335 e. The van der Waals surface area contributed by atoms with Crippen LogP contribution in [0, 0.1) is 0 Å². The SMILES string of the molecule is CCN(C)S(=O)(=O)N1CCC[C@H](c2ccc(C(=O)O)cc2)C1. The van der Waals surface area contributed by atoms with Gasteiger partial charge in [-0.25, -0.2) is 4.79 Å². The molecule has 22 heavy (non-hydrogen) atoms. The molecule has 0 aliphatic carbocycles. The van der Waals surface area contributed by atoms with Gasteiger partial charge in [-0.2, -0.15) is 17.0 Å². The first-order valence-corrected chi connectivity index (χ1v) is 8.80. The molecule has 1 N–H and O–H groups in total. The third-order valence-electron chi connectivity index (χ3n) is 4.18. The Morgan fingerprint density at radius 1 is 1.36 bits per heavy atom. The molecule has 1 atom stereocenters. The Morgan fingerprint density at radius 3 is 2.55 bits per heavy atom. The second kappa shape index (κ2) is 6.76. The van der Waals surface area contributed by atoms with Crippen LogP contribution in [-0.4, -0.2) is 54.8 Å². The first-order valence-electron chi connectivity index (χ1n) is 7.41. The molecule has 122 valence electrons. The summed E-state index contributed by atoms with van der Waals surface area (Å²) >= 11 is 0. The zero-order valence-electron chi connectivity index (χ0n) is 12.9. The van der Waals surface area contributed by atoms with E-state index in [0.29, 0.717) is 19.6 Å². The van der Waals surface area contributed by atoms with E-state index in [1.807, 2.05) is 6.92 Å². The normalized spacial score (nSPS) is 20.2. The fourth-order valence-electron chi connectivity index (χ4n) is 2.68. The summed E-state index contributed by atoms with van der Waals surface area (Å²) in [6.07, 6.45) is 1.72. The first kappa shape index (κ1) is 16.9. The zero-order valence-corrected chi connectivity index (χ0v) is 13.7. The molecule has 1 fully saturated rings. The van der Waals surface area contributed by atoms with Crippen LogP contribution >= 0.6 is 0 Å². The maximum atomic E-state index is 12.4. The molecule has 7 heteroatoms. The van der Waals surface area contributed by atoms with E-state index in [4.69, 9.17) is 5.11 Å². The van der Waals surface area contributed by atoms with Crippen molar-refractivity contribution in [3.63, 3.8) is 0 Å². The highest BCUT2D eigenvalue weighted by atomic mass is 32.2. The van der Waals surface area contributed by atoms with Crippen LogP contribution in [0.2, 0.25) is 0 Å². The van der Waals surface area contributed by atoms with E-state index in [9.17, 15) is 13.2 Å². The van der Waals surface area contributed by atoms with E-state index in [1.54, 1.807) is 31.3 Å². The number of piperidine rings is 1. The standard InChI is InChI=1S/C15H22N2O4S/c1-3-16(2)22(20,21)17-10-4-5-14(11-17)12-6-8-13(9-7-12)15(18)19/h6-9,14H,3-5,10-11H2,1-2H3,(H,18,19)/t14-/m0/s1.